The molecule has 0 atom stereocenters. The van der Waals surface area contributed by atoms with Crippen molar-refractivity contribution in [1.82, 2.24) is 0 Å². The van der Waals surface area contributed by atoms with Gasteiger partial charge in [0.15, 0.2) is 0 Å². The van der Waals surface area contributed by atoms with Gasteiger partial charge in [0.05, 0.1) is 0 Å². The van der Waals surface area contributed by atoms with Crippen molar-refractivity contribution in [2.24, 2.45) is 0 Å². The summed E-state index contributed by atoms with van der Waals surface area (Å²) in [5, 5.41) is 5.49. The summed E-state index contributed by atoms with van der Waals surface area (Å²) in [6.07, 6.45) is 1.90. The van der Waals surface area contributed by atoms with E-state index >= 15 is 0 Å². The molecular formula is C28H22. The van der Waals surface area contributed by atoms with E-state index in [0.29, 0.717) is 0 Å². The molecule has 0 N–H and O–H groups in total. The Morgan fingerprint density at radius 1 is 0.321 bits per heavy atom. The first-order chi connectivity index (χ1) is 13.9. The van der Waals surface area contributed by atoms with Gasteiger partial charge in [0.2, 0.25) is 0 Å². The Kier molecular flexibility index (Phi) is 4.39. The molecule has 28 heavy (non-hydrogen) atoms. The zero-order chi connectivity index (χ0) is 18.8. The molecule has 0 nitrogen and oxygen atoms in total. The van der Waals surface area contributed by atoms with Gasteiger partial charge in [-0.15, -0.1) is 0 Å². The van der Waals surface area contributed by atoms with Gasteiger partial charge in [0.25, 0.3) is 0 Å². The van der Waals surface area contributed by atoms with E-state index in [1.165, 1.54) is 43.8 Å². The van der Waals surface area contributed by atoms with Gasteiger partial charge in [-0.25, -0.2) is 0 Å². The lowest BCUT2D eigenvalue weighted by Crippen LogP contribution is -1.98. The Balaban J connectivity index is 1.78. The first-order valence-corrected chi connectivity index (χ1v) is 9.89. The quantitative estimate of drug-likeness (QED) is 0.299. The summed E-state index contributed by atoms with van der Waals surface area (Å²) in [4.78, 5) is 0. The summed E-state index contributed by atoms with van der Waals surface area (Å²) in [5.74, 6) is 0. The lowest BCUT2D eigenvalue weighted by molar-refractivity contribution is 1.21. The van der Waals surface area contributed by atoms with Crippen LogP contribution in [-0.4, -0.2) is 0 Å². The van der Waals surface area contributed by atoms with Gasteiger partial charge in [-0.1, -0.05) is 109 Å². The van der Waals surface area contributed by atoms with Crippen LogP contribution in [0.15, 0.2) is 109 Å². The summed E-state index contributed by atoms with van der Waals surface area (Å²) in [6.45, 7) is 0. The fraction of sp³-hybridized carbons (Fsp3) is 0.0714. The molecule has 0 aliphatic heterocycles. The number of rotatable bonds is 4. The van der Waals surface area contributed by atoms with Gasteiger partial charge in [-0.2, -0.15) is 0 Å². The number of fused-ring (bicyclic) bond motifs is 2. The standard InChI is InChI=1S/C28H22/c1-3-11-21(12-4-1)19-27-23-15-7-9-17-25(23)28(20-22-13-5-2-6-14-22)26-18-10-8-16-24(26)27/h1-18H,19-20H2. The van der Waals surface area contributed by atoms with Gasteiger partial charge >= 0.3 is 0 Å². The molecule has 0 fully saturated rings. The van der Waals surface area contributed by atoms with Crippen LogP contribution in [0.2, 0.25) is 0 Å². The molecule has 0 aliphatic carbocycles. The summed E-state index contributed by atoms with van der Waals surface area (Å²) < 4.78 is 0. The second-order valence-electron chi connectivity index (χ2n) is 7.37. The molecule has 0 aromatic heterocycles. The topological polar surface area (TPSA) is 0 Å². The molecular weight excluding hydrogens is 336 g/mol. The Bertz CT molecular complexity index is 1080. The Morgan fingerprint density at radius 2 is 0.607 bits per heavy atom. The highest BCUT2D eigenvalue weighted by Crippen LogP contribution is 2.35. The van der Waals surface area contributed by atoms with Crippen molar-refractivity contribution < 1.29 is 0 Å². The van der Waals surface area contributed by atoms with Crippen molar-refractivity contribution >= 4 is 21.5 Å². The minimum Gasteiger partial charge on any atom is -0.0622 e. The maximum absolute atomic E-state index is 2.29. The molecule has 0 spiro atoms. The molecule has 0 amide bonds. The van der Waals surface area contributed by atoms with Gasteiger partial charge in [0, 0.05) is 0 Å². The van der Waals surface area contributed by atoms with Gasteiger partial charge in [-0.3, -0.25) is 0 Å². The maximum Gasteiger partial charge on any atom is -0.00134 e. The zero-order valence-corrected chi connectivity index (χ0v) is 15.8. The van der Waals surface area contributed by atoms with Crippen LogP contribution in [-0.2, 0) is 12.8 Å². The molecule has 5 aromatic rings. The lowest BCUT2D eigenvalue weighted by Gasteiger charge is -2.17. The van der Waals surface area contributed by atoms with Crippen LogP contribution in [0.1, 0.15) is 22.3 Å². The molecule has 0 unspecified atom stereocenters. The Hall–Kier alpha value is -3.38. The molecule has 0 bridgehead atoms. The van der Waals surface area contributed by atoms with Crippen molar-refractivity contribution in [1.29, 1.82) is 0 Å². The second-order valence-corrected chi connectivity index (χ2v) is 7.37. The van der Waals surface area contributed by atoms with E-state index in [4.69, 9.17) is 0 Å². The van der Waals surface area contributed by atoms with Crippen molar-refractivity contribution in [3.05, 3.63) is 131 Å². The third kappa shape index (κ3) is 3.08. The average molecular weight is 358 g/mol. The molecule has 134 valence electrons. The van der Waals surface area contributed by atoms with E-state index in [2.05, 4.69) is 109 Å². The molecule has 0 aliphatic rings. The van der Waals surface area contributed by atoms with Crippen molar-refractivity contribution in [2.75, 3.05) is 0 Å². The van der Waals surface area contributed by atoms with Crippen LogP contribution < -0.4 is 0 Å². The highest BCUT2D eigenvalue weighted by molar-refractivity contribution is 6.06. The minimum atomic E-state index is 0.952. The van der Waals surface area contributed by atoms with Crippen LogP contribution in [0.3, 0.4) is 0 Å². The minimum absolute atomic E-state index is 0.952. The van der Waals surface area contributed by atoms with Crippen molar-refractivity contribution in [3.63, 3.8) is 0 Å². The first kappa shape index (κ1) is 16.8. The zero-order valence-electron chi connectivity index (χ0n) is 15.8. The van der Waals surface area contributed by atoms with Crippen LogP contribution in [0.5, 0.6) is 0 Å². The third-order valence-corrected chi connectivity index (χ3v) is 5.60. The molecule has 5 rings (SSSR count). The molecule has 0 heteroatoms. The van der Waals surface area contributed by atoms with Gasteiger partial charge < -0.3 is 0 Å². The summed E-state index contributed by atoms with van der Waals surface area (Å²) >= 11 is 0. The maximum atomic E-state index is 2.29. The molecule has 0 radical (unpaired) electrons. The van der Waals surface area contributed by atoms with Gasteiger partial charge in [0.1, 0.15) is 0 Å². The van der Waals surface area contributed by atoms with Crippen LogP contribution in [0.25, 0.3) is 21.5 Å². The van der Waals surface area contributed by atoms with Crippen molar-refractivity contribution in [2.45, 2.75) is 12.8 Å². The number of benzene rings is 5. The summed E-state index contributed by atoms with van der Waals surface area (Å²) in [5.41, 5.74) is 5.56. The Morgan fingerprint density at radius 3 is 0.929 bits per heavy atom. The van der Waals surface area contributed by atoms with Crippen LogP contribution in [0, 0.1) is 0 Å². The van der Waals surface area contributed by atoms with E-state index in [-0.39, 0.29) is 0 Å². The molecule has 0 heterocycles. The third-order valence-electron chi connectivity index (χ3n) is 5.60. The van der Waals surface area contributed by atoms with E-state index in [0.717, 1.165) is 12.8 Å². The monoisotopic (exact) mass is 358 g/mol. The fourth-order valence-electron chi connectivity index (χ4n) is 4.29. The second kappa shape index (κ2) is 7.32. The first-order valence-electron chi connectivity index (χ1n) is 9.89. The normalized spacial score (nSPS) is 11.1. The smallest absolute Gasteiger partial charge is 0.00134 e. The van der Waals surface area contributed by atoms with Gasteiger partial charge in [-0.05, 0) is 56.6 Å². The predicted molar refractivity (Wildman–Crippen MR) is 120 cm³/mol. The molecule has 5 aromatic carbocycles. The predicted octanol–water partition coefficient (Wildman–Crippen LogP) is 7.17. The summed E-state index contributed by atoms with van der Waals surface area (Å²) in [7, 11) is 0. The van der Waals surface area contributed by atoms with Crippen LogP contribution in [0.4, 0.5) is 0 Å². The van der Waals surface area contributed by atoms with E-state index in [1.54, 1.807) is 0 Å². The summed E-state index contributed by atoms with van der Waals surface area (Å²) in [6, 6.07) is 39.4. The van der Waals surface area contributed by atoms with Crippen LogP contribution >= 0.6 is 0 Å². The number of hydrogen-bond acceptors (Lipinski definition) is 0. The highest BCUT2D eigenvalue weighted by Gasteiger charge is 2.14. The number of hydrogen-bond donors (Lipinski definition) is 0. The Labute approximate surface area is 166 Å². The average Bonchev–Trinajstić information content (AvgIpc) is 2.77. The molecule has 0 saturated heterocycles. The molecule has 0 saturated carbocycles. The highest BCUT2D eigenvalue weighted by atomic mass is 14.2. The van der Waals surface area contributed by atoms with Crippen molar-refractivity contribution in [3.8, 4) is 0 Å². The van der Waals surface area contributed by atoms with E-state index < -0.39 is 0 Å². The lowest BCUT2D eigenvalue weighted by atomic mass is 9.87. The van der Waals surface area contributed by atoms with E-state index in [1.807, 2.05) is 0 Å². The SMILES string of the molecule is c1ccc(Cc2c3ccccc3c(Cc3ccccc3)c3ccccc23)cc1. The largest absolute Gasteiger partial charge is 0.0622 e. The van der Waals surface area contributed by atoms with E-state index in [9.17, 15) is 0 Å². The fourth-order valence-corrected chi connectivity index (χ4v) is 4.29.